The van der Waals surface area contributed by atoms with E-state index in [0.717, 1.165) is 24.0 Å². The van der Waals surface area contributed by atoms with E-state index in [2.05, 4.69) is 18.4 Å². The number of thiocarbonyl (C=S) groups is 1. The van der Waals surface area contributed by atoms with E-state index in [4.69, 9.17) is 35.4 Å². The second-order valence-electron chi connectivity index (χ2n) is 7.29. The van der Waals surface area contributed by atoms with Crippen LogP contribution >= 0.6 is 35.4 Å². The highest BCUT2D eigenvalue weighted by Crippen LogP contribution is 2.25. The fraction of sp³-hybridized carbons (Fsp3) is 0.333. The Morgan fingerprint density at radius 2 is 1.78 bits per heavy atom. The van der Waals surface area contributed by atoms with Gasteiger partial charge in [0.15, 0.2) is 0 Å². The summed E-state index contributed by atoms with van der Waals surface area (Å²) >= 11 is 17.7. The molecular formula is C21H24Cl2N2OS. The van der Waals surface area contributed by atoms with Gasteiger partial charge < -0.3 is 0 Å². The molecule has 2 rings (SSSR count). The number of rotatable bonds is 4. The first-order valence-corrected chi connectivity index (χ1v) is 10.00. The summed E-state index contributed by atoms with van der Waals surface area (Å²) in [6, 6.07) is 12.8. The first-order chi connectivity index (χ1) is 12.6. The van der Waals surface area contributed by atoms with Crippen LogP contribution in [0.25, 0.3) is 0 Å². The van der Waals surface area contributed by atoms with Crippen LogP contribution in [0.3, 0.4) is 0 Å². The van der Waals surface area contributed by atoms with Gasteiger partial charge in [-0.25, -0.2) is 5.01 Å². The molecule has 6 heteroatoms. The van der Waals surface area contributed by atoms with Crippen molar-refractivity contribution in [1.82, 2.24) is 10.4 Å². The van der Waals surface area contributed by atoms with E-state index in [0.29, 0.717) is 20.6 Å². The lowest BCUT2D eigenvalue weighted by molar-refractivity contribution is 0.0500. The lowest BCUT2D eigenvalue weighted by atomic mass is 10.0. The van der Waals surface area contributed by atoms with E-state index in [9.17, 15) is 4.79 Å². The fourth-order valence-electron chi connectivity index (χ4n) is 2.67. The van der Waals surface area contributed by atoms with E-state index in [1.807, 2.05) is 39.0 Å². The molecule has 2 aromatic carbocycles. The normalized spacial score (nSPS) is 11.2. The van der Waals surface area contributed by atoms with E-state index in [1.54, 1.807) is 18.2 Å². The Kier molecular flexibility index (Phi) is 7.26. The summed E-state index contributed by atoms with van der Waals surface area (Å²) < 4.78 is 0. The number of halogens is 2. The van der Waals surface area contributed by atoms with Gasteiger partial charge in [-0.1, -0.05) is 73.0 Å². The van der Waals surface area contributed by atoms with Crippen LogP contribution in [0, 0.1) is 0 Å². The van der Waals surface area contributed by atoms with E-state index >= 15 is 0 Å². The van der Waals surface area contributed by atoms with Gasteiger partial charge in [-0.15, -0.1) is 0 Å². The van der Waals surface area contributed by atoms with Gasteiger partial charge in [-0.2, -0.15) is 0 Å². The van der Waals surface area contributed by atoms with Crippen molar-refractivity contribution >= 4 is 46.3 Å². The summed E-state index contributed by atoms with van der Waals surface area (Å²) in [7, 11) is 0. The number of hydrogen-bond acceptors (Lipinski definition) is 2. The summed E-state index contributed by atoms with van der Waals surface area (Å²) in [5.41, 5.74) is 5.17. The zero-order valence-electron chi connectivity index (χ0n) is 16.0. The molecule has 144 valence electrons. The van der Waals surface area contributed by atoms with Crippen LogP contribution < -0.4 is 5.43 Å². The van der Waals surface area contributed by atoms with Crippen LogP contribution in [0.4, 0.5) is 0 Å². The third kappa shape index (κ3) is 5.44. The molecule has 3 nitrogen and oxygen atoms in total. The van der Waals surface area contributed by atoms with Crippen molar-refractivity contribution in [2.24, 2.45) is 0 Å². The third-order valence-corrected chi connectivity index (χ3v) is 5.09. The Morgan fingerprint density at radius 3 is 2.37 bits per heavy atom. The second kappa shape index (κ2) is 9.05. The van der Waals surface area contributed by atoms with E-state index in [-0.39, 0.29) is 5.91 Å². The average Bonchev–Trinajstić information content (AvgIpc) is 2.61. The molecule has 0 atom stereocenters. The Labute approximate surface area is 176 Å². The minimum Gasteiger partial charge on any atom is -0.284 e. The molecule has 0 saturated heterocycles. The number of carbonyl (C=O) groups is 1. The quantitative estimate of drug-likeness (QED) is 0.479. The van der Waals surface area contributed by atoms with Crippen molar-refractivity contribution in [2.75, 3.05) is 0 Å². The van der Waals surface area contributed by atoms with Gasteiger partial charge >= 0.3 is 0 Å². The summed E-state index contributed by atoms with van der Waals surface area (Å²) in [6.45, 7) is 7.95. The maximum atomic E-state index is 13.1. The number of hydrazine groups is 1. The van der Waals surface area contributed by atoms with Gasteiger partial charge in [0.05, 0.1) is 15.6 Å². The number of nitrogens with one attached hydrogen (secondary N) is 1. The molecule has 0 radical (unpaired) electrons. The molecule has 0 aliphatic rings. The van der Waals surface area contributed by atoms with Gasteiger partial charge in [0.1, 0.15) is 4.99 Å². The van der Waals surface area contributed by atoms with Crippen LogP contribution in [0.5, 0.6) is 0 Å². The average molecular weight is 423 g/mol. The monoisotopic (exact) mass is 422 g/mol. The molecule has 0 fully saturated rings. The lowest BCUT2D eigenvalue weighted by Crippen LogP contribution is -2.55. The summed E-state index contributed by atoms with van der Waals surface area (Å²) in [5.74, 6) is -0.226. The number of benzene rings is 2. The van der Waals surface area contributed by atoms with Crippen molar-refractivity contribution in [3.05, 3.63) is 69.2 Å². The van der Waals surface area contributed by atoms with Crippen LogP contribution in [0.1, 0.15) is 55.6 Å². The molecule has 2 aromatic rings. The van der Waals surface area contributed by atoms with Crippen LogP contribution in [0.2, 0.25) is 10.0 Å². The fourth-order valence-corrected chi connectivity index (χ4v) is 3.26. The van der Waals surface area contributed by atoms with Crippen molar-refractivity contribution in [3.8, 4) is 0 Å². The van der Waals surface area contributed by atoms with E-state index < -0.39 is 5.54 Å². The molecule has 0 spiro atoms. The zero-order chi connectivity index (χ0) is 20.2. The number of amides is 1. The maximum absolute atomic E-state index is 13.1. The maximum Gasteiger partial charge on any atom is 0.272 e. The predicted molar refractivity (Wildman–Crippen MR) is 118 cm³/mol. The minimum absolute atomic E-state index is 0.226. The Hall–Kier alpha value is -1.62. The van der Waals surface area contributed by atoms with Gasteiger partial charge in [0.2, 0.25) is 0 Å². The predicted octanol–water partition coefficient (Wildman–Crippen LogP) is 6.07. The highest BCUT2D eigenvalue weighted by atomic mass is 35.5. The zero-order valence-corrected chi connectivity index (χ0v) is 18.3. The standard InChI is InChI=1S/C21H24Cl2N2OS/c1-5-8-14-9-6-7-10-16(14)19(27)24-25(21(2,3)4)20(26)15-11-12-17(22)18(23)13-15/h6-7,9-13H,5,8H2,1-4H3,(H,24,27). The van der Waals surface area contributed by atoms with Gasteiger partial charge in [-0.3, -0.25) is 10.2 Å². The Balaban J connectivity index is 2.34. The molecule has 27 heavy (non-hydrogen) atoms. The highest BCUT2D eigenvalue weighted by Gasteiger charge is 2.29. The second-order valence-corrected chi connectivity index (χ2v) is 8.51. The highest BCUT2D eigenvalue weighted by molar-refractivity contribution is 7.80. The molecule has 0 aliphatic carbocycles. The Bertz CT molecular complexity index is 846. The molecule has 0 aromatic heterocycles. The summed E-state index contributed by atoms with van der Waals surface area (Å²) in [5, 5.41) is 2.29. The smallest absolute Gasteiger partial charge is 0.272 e. The molecule has 1 amide bonds. The molecular weight excluding hydrogens is 399 g/mol. The SMILES string of the molecule is CCCc1ccccc1C(=S)NN(C(=O)c1ccc(Cl)c(Cl)c1)C(C)(C)C. The summed E-state index contributed by atoms with van der Waals surface area (Å²) in [4.78, 5) is 13.7. The number of hydrogen-bond donors (Lipinski definition) is 1. The number of aryl methyl sites for hydroxylation is 1. The molecule has 0 unspecified atom stereocenters. The van der Waals surface area contributed by atoms with Crippen molar-refractivity contribution < 1.29 is 4.79 Å². The van der Waals surface area contributed by atoms with Crippen LogP contribution in [-0.4, -0.2) is 21.4 Å². The van der Waals surface area contributed by atoms with Crippen molar-refractivity contribution in [1.29, 1.82) is 0 Å². The molecule has 0 bridgehead atoms. The van der Waals surface area contributed by atoms with Gasteiger partial charge in [-0.05, 0) is 51.0 Å². The van der Waals surface area contributed by atoms with E-state index in [1.165, 1.54) is 5.01 Å². The van der Waals surface area contributed by atoms with Gasteiger partial charge in [0.25, 0.3) is 5.91 Å². The molecule has 0 saturated carbocycles. The largest absolute Gasteiger partial charge is 0.284 e. The molecule has 0 heterocycles. The number of nitrogens with zero attached hydrogens (tertiary/aromatic N) is 1. The van der Waals surface area contributed by atoms with Crippen molar-refractivity contribution in [2.45, 2.75) is 46.1 Å². The topological polar surface area (TPSA) is 32.3 Å². The third-order valence-electron chi connectivity index (χ3n) is 4.04. The molecule has 0 aliphatic heterocycles. The number of carbonyl (C=O) groups excluding carboxylic acids is 1. The Morgan fingerprint density at radius 1 is 1.11 bits per heavy atom. The minimum atomic E-state index is -0.507. The first kappa shape index (κ1) is 21.7. The van der Waals surface area contributed by atoms with Crippen LogP contribution in [-0.2, 0) is 6.42 Å². The van der Waals surface area contributed by atoms with Crippen molar-refractivity contribution in [3.63, 3.8) is 0 Å². The van der Waals surface area contributed by atoms with Crippen LogP contribution in [0.15, 0.2) is 42.5 Å². The lowest BCUT2D eigenvalue weighted by Gasteiger charge is -2.36. The molecule has 1 N–H and O–H groups in total. The van der Waals surface area contributed by atoms with Gasteiger partial charge in [0, 0.05) is 11.1 Å². The summed E-state index contributed by atoms with van der Waals surface area (Å²) in [6.07, 6.45) is 1.94. The first-order valence-electron chi connectivity index (χ1n) is 8.83.